The first-order valence-corrected chi connectivity index (χ1v) is 11.9. The molecule has 0 saturated heterocycles. The largest absolute Gasteiger partial charge is 0.481 e. The normalized spacial score (nSPS) is 19.1. The van der Waals surface area contributed by atoms with Crippen LogP contribution < -0.4 is 10.6 Å². The van der Waals surface area contributed by atoms with Crippen molar-refractivity contribution in [3.63, 3.8) is 0 Å². The van der Waals surface area contributed by atoms with Gasteiger partial charge in [-0.05, 0) is 46.4 Å². The SMILES string of the molecule is CC1(C)CCCC1CNC(=O)C(CC(=O)O)NC(=O)OCC1c2ccccc2-c2ccccc21. The lowest BCUT2D eigenvalue weighted by Gasteiger charge is -2.28. The maximum Gasteiger partial charge on any atom is 0.407 e. The highest BCUT2D eigenvalue weighted by Gasteiger charge is 2.35. The van der Waals surface area contributed by atoms with Crippen LogP contribution in [0.3, 0.4) is 0 Å². The van der Waals surface area contributed by atoms with Crippen molar-refractivity contribution >= 4 is 18.0 Å². The third-order valence-electron chi connectivity index (χ3n) is 7.33. The topological polar surface area (TPSA) is 105 Å². The zero-order chi connectivity index (χ0) is 24.3. The van der Waals surface area contributed by atoms with E-state index in [4.69, 9.17) is 4.74 Å². The van der Waals surface area contributed by atoms with Gasteiger partial charge in [0.25, 0.3) is 0 Å². The summed E-state index contributed by atoms with van der Waals surface area (Å²) in [6, 6.07) is 14.8. The van der Waals surface area contributed by atoms with Gasteiger partial charge in [0.05, 0.1) is 6.42 Å². The van der Waals surface area contributed by atoms with E-state index in [2.05, 4.69) is 24.5 Å². The Balaban J connectivity index is 1.37. The zero-order valence-corrected chi connectivity index (χ0v) is 19.7. The molecule has 0 aromatic heterocycles. The Morgan fingerprint density at radius 2 is 1.68 bits per heavy atom. The Labute approximate surface area is 199 Å². The van der Waals surface area contributed by atoms with Gasteiger partial charge in [0.15, 0.2) is 0 Å². The van der Waals surface area contributed by atoms with Crippen molar-refractivity contribution in [2.75, 3.05) is 13.2 Å². The Kier molecular flexibility index (Phi) is 6.91. The first kappa shape index (κ1) is 23.8. The van der Waals surface area contributed by atoms with E-state index in [1.165, 1.54) is 0 Å². The second-order valence-corrected chi connectivity index (χ2v) is 9.94. The summed E-state index contributed by atoms with van der Waals surface area (Å²) < 4.78 is 5.49. The van der Waals surface area contributed by atoms with E-state index in [-0.39, 0.29) is 17.9 Å². The first-order chi connectivity index (χ1) is 16.3. The number of amides is 2. The molecule has 4 rings (SSSR count). The molecule has 0 bridgehead atoms. The van der Waals surface area contributed by atoms with Crippen molar-refractivity contribution in [3.05, 3.63) is 59.7 Å². The number of alkyl carbamates (subject to hydrolysis) is 1. The van der Waals surface area contributed by atoms with Crippen LogP contribution in [0.2, 0.25) is 0 Å². The van der Waals surface area contributed by atoms with Gasteiger partial charge in [-0.2, -0.15) is 0 Å². The molecule has 2 aromatic carbocycles. The quantitative estimate of drug-likeness (QED) is 0.540. The van der Waals surface area contributed by atoms with Crippen LogP contribution in [-0.4, -0.2) is 42.3 Å². The molecule has 2 aromatic rings. The second-order valence-electron chi connectivity index (χ2n) is 9.94. The number of benzene rings is 2. The minimum atomic E-state index is -1.20. The van der Waals surface area contributed by atoms with Crippen LogP contribution in [0, 0.1) is 11.3 Å². The molecule has 2 unspecified atom stereocenters. The molecule has 180 valence electrons. The zero-order valence-electron chi connectivity index (χ0n) is 19.7. The molecule has 2 aliphatic carbocycles. The Morgan fingerprint density at radius 3 is 2.24 bits per heavy atom. The summed E-state index contributed by atoms with van der Waals surface area (Å²) in [6.07, 6.45) is 1.93. The number of rotatable bonds is 8. The van der Waals surface area contributed by atoms with Crippen molar-refractivity contribution in [3.8, 4) is 11.1 Å². The predicted octanol–water partition coefficient (Wildman–Crippen LogP) is 4.31. The van der Waals surface area contributed by atoms with E-state index in [1.807, 2.05) is 48.5 Å². The third kappa shape index (κ3) is 5.08. The molecule has 7 nitrogen and oxygen atoms in total. The van der Waals surface area contributed by atoms with Crippen LogP contribution in [0.1, 0.15) is 56.6 Å². The van der Waals surface area contributed by atoms with Crippen LogP contribution in [0.25, 0.3) is 11.1 Å². The number of carboxylic acid groups (broad SMARTS) is 1. The number of ether oxygens (including phenoxy) is 1. The smallest absolute Gasteiger partial charge is 0.407 e. The van der Waals surface area contributed by atoms with Gasteiger partial charge >= 0.3 is 12.1 Å². The summed E-state index contributed by atoms with van der Waals surface area (Å²) in [5, 5.41) is 14.6. The number of carbonyl (C=O) groups is 3. The van der Waals surface area contributed by atoms with Crippen LogP contribution in [0.5, 0.6) is 0 Å². The fraction of sp³-hybridized carbons (Fsp3) is 0.444. The predicted molar refractivity (Wildman–Crippen MR) is 128 cm³/mol. The van der Waals surface area contributed by atoms with Gasteiger partial charge < -0.3 is 20.5 Å². The molecule has 34 heavy (non-hydrogen) atoms. The Bertz CT molecular complexity index is 1030. The van der Waals surface area contributed by atoms with Gasteiger partial charge in [-0.3, -0.25) is 9.59 Å². The highest BCUT2D eigenvalue weighted by molar-refractivity contribution is 5.89. The highest BCUT2D eigenvalue weighted by atomic mass is 16.5. The average molecular weight is 465 g/mol. The van der Waals surface area contributed by atoms with Crippen molar-refractivity contribution in [1.29, 1.82) is 0 Å². The van der Waals surface area contributed by atoms with E-state index in [0.717, 1.165) is 41.5 Å². The number of nitrogens with one attached hydrogen (secondary N) is 2. The number of aliphatic carboxylic acids is 1. The lowest BCUT2D eigenvalue weighted by Crippen LogP contribution is -2.49. The van der Waals surface area contributed by atoms with Crippen molar-refractivity contribution in [2.45, 2.75) is 51.5 Å². The highest BCUT2D eigenvalue weighted by Crippen LogP contribution is 2.44. The van der Waals surface area contributed by atoms with Gasteiger partial charge in [0, 0.05) is 12.5 Å². The van der Waals surface area contributed by atoms with E-state index in [9.17, 15) is 19.5 Å². The van der Waals surface area contributed by atoms with Crippen molar-refractivity contribution < 1.29 is 24.2 Å². The Hall–Kier alpha value is -3.35. The van der Waals surface area contributed by atoms with E-state index in [1.54, 1.807) is 0 Å². The molecule has 0 aliphatic heterocycles. The summed E-state index contributed by atoms with van der Waals surface area (Å²) in [4.78, 5) is 36.6. The fourth-order valence-electron chi connectivity index (χ4n) is 5.29. The van der Waals surface area contributed by atoms with Gasteiger partial charge in [-0.25, -0.2) is 4.79 Å². The fourth-order valence-corrected chi connectivity index (χ4v) is 5.29. The summed E-state index contributed by atoms with van der Waals surface area (Å²) >= 11 is 0. The molecule has 2 amide bonds. The molecule has 7 heteroatoms. The molecule has 2 atom stereocenters. The van der Waals surface area contributed by atoms with E-state index in [0.29, 0.717) is 12.5 Å². The lowest BCUT2D eigenvalue weighted by atomic mass is 9.82. The van der Waals surface area contributed by atoms with Gasteiger partial charge in [0.1, 0.15) is 12.6 Å². The number of hydrogen-bond donors (Lipinski definition) is 3. The molecule has 1 saturated carbocycles. The number of carboxylic acids is 1. The maximum atomic E-state index is 12.7. The minimum Gasteiger partial charge on any atom is -0.481 e. The average Bonchev–Trinajstić information content (AvgIpc) is 3.31. The molecule has 2 aliphatic rings. The third-order valence-corrected chi connectivity index (χ3v) is 7.33. The van der Waals surface area contributed by atoms with Crippen LogP contribution >= 0.6 is 0 Å². The molecular formula is C27H32N2O5. The maximum absolute atomic E-state index is 12.7. The van der Waals surface area contributed by atoms with Crippen LogP contribution in [0.15, 0.2) is 48.5 Å². The number of carbonyl (C=O) groups excluding carboxylic acids is 2. The number of hydrogen-bond acceptors (Lipinski definition) is 4. The van der Waals surface area contributed by atoms with Crippen LogP contribution in [-0.2, 0) is 14.3 Å². The second kappa shape index (κ2) is 9.87. The van der Waals surface area contributed by atoms with Crippen molar-refractivity contribution in [1.82, 2.24) is 10.6 Å². The van der Waals surface area contributed by atoms with E-state index >= 15 is 0 Å². The van der Waals surface area contributed by atoms with Crippen molar-refractivity contribution in [2.24, 2.45) is 11.3 Å². The first-order valence-electron chi connectivity index (χ1n) is 11.9. The summed E-state index contributed by atoms with van der Waals surface area (Å²) in [5.74, 6) is -1.45. The molecule has 3 N–H and O–H groups in total. The minimum absolute atomic E-state index is 0.0948. The molecule has 0 radical (unpaired) electrons. The monoisotopic (exact) mass is 464 g/mol. The molecule has 0 spiro atoms. The molecular weight excluding hydrogens is 432 g/mol. The lowest BCUT2D eigenvalue weighted by molar-refractivity contribution is -0.139. The number of fused-ring (bicyclic) bond motifs is 3. The summed E-state index contributed by atoms with van der Waals surface area (Å²) in [5.41, 5.74) is 4.52. The van der Waals surface area contributed by atoms with Gasteiger partial charge in [-0.1, -0.05) is 68.8 Å². The standard InChI is InChI=1S/C27H32N2O5/c1-27(2)13-7-8-17(27)15-28-25(32)23(14-24(30)31)29-26(33)34-16-22-20-11-5-3-9-18(20)19-10-4-6-12-21(19)22/h3-6,9-12,17,22-23H,7-8,13-16H2,1-2H3,(H,28,32)(H,29,33)(H,30,31). The van der Waals surface area contributed by atoms with Crippen LogP contribution in [0.4, 0.5) is 4.79 Å². The Morgan fingerprint density at radius 1 is 1.06 bits per heavy atom. The van der Waals surface area contributed by atoms with Gasteiger partial charge in [0.2, 0.25) is 5.91 Å². The summed E-state index contributed by atoms with van der Waals surface area (Å²) in [7, 11) is 0. The van der Waals surface area contributed by atoms with E-state index < -0.39 is 30.4 Å². The molecule has 1 fully saturated rings. The molecule has 0 heterocycles. The summed E-state index contributed by atoms with van der Waals surface area (Å²) in [6.45, 7) is 4.92. The van der Waals surface area contributed by atoms with Gasteiger partial charge in [-0.15, -0.1) is 0 Å².